The molecule has 0 bridgehead atoms. The Labute approximate surface area is 161 Å². The lowest BCUT2D eigenvalue weighted by molar-refractivity contribution is -0.117. The summed E-state index contributed by atoms with van der Waals surface area (Å²) >= 11 is 3.15. The molecule has 3 aromatic rings. The third kappa shape index (κ3) is 4.53. The molecule has 0 spiro atoms. The Morgan fingerprint density at radius 3 is 2.63 bits per heavy atom. The minimum atomic E-state index is -0.560. The van der Waals surface area contributed by atoms with Crippen molar-refractivity contribution in [3.63, 3.8) is 0 Å². The quantitative estimate of drug-likeness (QED) is 0.620. The molecule has 0 unspecified atom stereocenters. The smallest absolute Gasteiger partial charge is 0.337 e. The van der Waals surface area contributed by atoms with Crippen molar-refractivity contribution in [3.05, 3.63) is 58.3 Å². The number of carbonyl (C=O) groups is 2. The molecule has 0 radical (unpaired) electrons. The average Bonchev–Trinajstić information content (AvgIpc) is 3.12. The first kappa shape index (κ1) is 18.6. The number of hydrogen-bond acceptors (Lipinski definition) is 6. The zero-order valence-electron chi connectivity index (χ0n) is 14.0. The summed E-state index contributed by atoms with van der Waals surface area (Å²) in [6, 6.07) is 10.7. The molecule has 0 aliphatic heterocycles. The molecule has 27 heavy (non-hydrogen) atoms. The Hall–Kier alpha value is -3.14. The van der Waals surface area contributed by atoms with Crippen LogP contribution in [0.25, 0.3) is 11.4 Å². The Morgan fingerprint density at radius 2 is 1.96 bits per heavy atom. The normalized spacial score (nSPS) is 10.5. The molecule has 0 saturated heterocycles. The van der Waals surface area contributed by atoms with Gasteiger partial charge in [0, 0.05) is 10.0 Å². The number of halogens is 2. The lowest BCUT2D eigenvalue weighted by Gasteiger charge is -2.05. The molecule has 3 rings (SSSR count). The van der Waals surface area contributed by atoms with Gasteiger partial charge in [0.15, 0.2) is 0 Å². The molecule has 1 N–H and O–H groups in total. The third-order valence-electron chi connectivity index (χ3n) is 3.51. The highest BCUT2D eigenvalue weighted by Crippen LogP contribution is 2.19. The van der Waals surface area contributed by atoms with Crippen molar-refractivity contribution in [1.82, 2.24) is 20.2 Å². The van der Waals surface area contributed by atoms with E-state index in [1.807, 2.05) is 0 Å². The Balaban J connectivity index is 1.66. The van der Waals surface area contributed by atoms with Crippen LogP contribution in [-0.2, 0) is 16.1 Å². The van der Waals surface area contributed by atoms with Gasteiger partial charge in [0.2, 0.25) is 11.7 Å². The zero-order valence-corrected chi connectivity index (χ0v) is 15.6. The fourth-order valence-corrected chi connectivity index (χ4v) is 2.54. The van der Waals surface area contributed by atoms with Crippen molar-refractivity contribution < 1.29 is 18.7 Å². The fraction of sp³-hybridized carbons (Fsp3) is 0.118. The summed E-state index contributed by atoms with van der Waals surface area (Å²) in [5.74, 6) is -1.22. The zero-order chi connectivity index (χ0) is 19.4. The van der Waals surface area contributed by atoms with Crippen LogP contribution >= 0.6 is 15.9 Å². The van der Waals surface area contributed by atoms with Crippen molar-refractivity contribution in [2.24, 2.45) is 0 Å². The Morgan fingerprint density at radius 1 is 1.22 bits per heavy atom. The molecule has 0 saturated carbocycles. The maximum absolute atomic E-state index is 13.8. The van der Waals surface area contributed by atoms with E-state index in [0.717, 1.165) is 4.80 Å². The number of nitrogens with zero attached hydrogens (tertiary/aromatic N) is 4. The number of carbonyl (C=O) groups excluding carboxylic acids is 2. The highest BCUT2D eigenvalue weighted by Gasteiger charge is 2.12. The molecule has 10 heteroatoms. The number of nitrogens with one attached hydrogen (secondary N) is 1. The molecule has 1 amide bonds. The van der Waals surface area contributed by atoms with Gasteiger partial charge in [0.25, 0.3) is 0 Å². The molecule has 1 aromatic heterocycles. The van der Waals surface area contributed by atoms with E-state index in [0.29, 0.717) is 15.6 Å². The first-order valence-corrected chi connectivity index (χ1v) is 8.47. The summed E-state index contributed by atoms with van der Waals surface area (Å²) in [7, 11) is 1.30. The number of hydrogen-bond donors (Lipinski definition) is 1. The maximum atomic E-state index is 13.8. The van der Waals surface area contributed by atoms with Crippen LogP contribution in [0, 0.1) is 5.82 Å². The highest BCUT2D eigenvalue weighted by molar-refractivity contribution is 9.10. The lowest BCUT2D eigenvalue weighted by Crippen LogP contribution is -2.21. The second-order valence-electron chi connectivity index (χ2n) is 5.38. The summed E-state index contributed by atoms with van der Waals surface area (Å²) in [5.41, 5.74) is 1.07. The van der Waals surface area contributed by atoms with Crippen LogP contribution < -0.4 is 5.32 Å². The van der Waals surface area contributed by atoms with Gasteiger partial charge >= 0.3 is 5.97 Å². The summed E-state index contributed by atoms with van der Waals surface area (Å²) in [6.45, 7) is -0.233. The van der Waals surface area contributed by atoms with Gasteiger partial charge in [-0.25, -0.2) is 9.18 Å². The van der Waals surface area contributed by atoms with Gasteiger partial charge in [-0.05, 0) is 35.5 Å². The minimum Gasteiger partial charge on any atom is -0.465 e. The van der Waals surface area contributed by atoms with Gasteiger partial charge in [-0.1, -0.05) is 28.1 Å². The van der Waals surface area contributed by atoms with E-state index in [4.69, 9.17) is 0 Å². The van der Waals surface area contributed by atoms with E-state index >= 15 is 0 Å². The SMILES string of the molecule is COC(=O)c1ccc(-c2nnn(CC(=O)Nc3ccc(Br)cc3F)n2)cc1. The molecule has 0 atom stereocenters. The number of benzene rings is 2. The number of ether oxygens (including phenoxy) is 1. The summed E-state index contributed by atoms with van der Waals surface area (Å²) in [4.78, 5) is 24.6. The number of anilines is 1. The van der Waals surface area contributed by atoms with E-state index in [9.17, 15) is 14.0 Å². The van der Waals surface area contributed by atoms with Crippen molar-refractivity contribution in [3.8, 4) is 11.4 Å². The van der Waals surface area contributed by atoms with Crippen LogP contribution in [0.4, 0.5) is 10.1 Å². The molecule has 1 heterocycles. The fourth-order valence-electron chi connectivity index (χ4n) is 2.21. The average molecular weight is 434 g/mol. The van der Waals surface area contributed by atoms with Crippen LogP contribution in [0.3, 0.4) is 0 Å². The van der Waals surface area contributed by atoms with Crippen LogP contribution in [0.5, 0.6) is 0 Å². The topological polar surface area (TPSA) is 99.0 Å². The van der Waals surface area contributed by atoms with Crippen LogP contribution in [0.1, 0.15) is 10.4 Å². The van der Waals surface area contributed by atoms with E-state index < -0.39 is 17.7 Å². The monoisotopic (exact) mass is 433 g/mol. The number of esters is 1. The summed E-state index contributed by atoms with van der Waals surface area (Å²) in [6.07, 6.45) is 0. The standard InChI is InChI=1S/C17H13BrFN5O3/c1-27-17(26)11-4-2-10(3-5-11)16-21-23-24(22-16)9-15(25)20-14-7-6-12(18)8-13(14)19/h2-8H,9H2,1H3,(H,20,25). The van der Waals surface area contributed by atoms with Crippen LogP contribution in [0.2, 0.25) is 0 Å². The first-order chi connectivity index (χ1) is 13.0. The summed E-state index contributed by atoms with van der Waals surface area (Å²) < 4.78 is 19.0. The van der Waals surface area contributed by atoms with E-state index in [1.165, 1.54) is 19.2 Å². The van der Waals surface area contributed by atoms with Crippen molar-refractivity contribution in [1.29, 1.82) is 0 Å². The lowest BCUT2D eigenvalue weighted by atomic mass is 10.1. The Kier molecular flexibility index (Phi) is 5.55. The van der Waals surface area contributed by atoms with E-state index in [1.54, 1.807) is 30.3 Å². The Bertz CT molecular complexity index is 990. The van der Waals surface area contributed by atoms with Gasteiger partial charge in [-0.15, -0.1) is 10.2 Å². The molecule has 0 fully saturated rings. The third-order valence-corrected chi connectivity index (χ3v) is 4.00. The maximum Gasteiger partial charge on any atom is 0.337 e. The van der Waals surface area contributed by atoms with Gasteiger partial charge < -0.3 is 10.1 Å². The predicted octanol–water partition coefficient (Wildman–Crippen LogP) is 2.67. The second-order valence-corrected chi connectivity index (χ2v) is 6.30. The van der Waals surface area contributed by atoms with Gasteiger partial charge in [0.05, 0.1) is 18.4 Å². The van der Waals surface area contributed by atoms with Gasteiger partial charge in [-0.3, -0.25) is 4.79 Å². The van der Waals surface area contributed by atoms with Crippen molar-refractivity contribution >= 4 is 33.5 Å². The molecule has 2 aromatic carbocycles. The van der Waals surface area contributed by atoms with Crippen LogP contribution in [0.15, 0.2) is 46.9 Å². The second kappa shape index (κ2) is 8.04. The van der Waals surface area contributed by atoms with E-state index in [-0.39, 0.29) is 18.1 Å². The first-order valence-electron chi connectivity index (χ1n) is 7.67. The number of methoxy groups -OCH3 is 1. The van der Waals surface area contributed by atoms with Gasteiger partial charge in [0.1, 0.15) is 12.4 Å². The molecule has 138 valence electrons. The molecule has 0 aliphatic rings. The van der Waals surface area contributed by atoms with Crippen LogP contribution in [-0.4, -0.2) is 39.2 Å². The number of amides is 1. The highest BCUT2D eigenvalue weighted by atomic mass is 79.9. The van der Waals surface area contributed by atoms with Crippen molar-refractivity contribution in [2.45, 2.75) is 6.54 Å². The summed E-state index contributed by atoms with van der Waals surface area (Å²) in [5, 5.41) is 14.2. The number of aromatic nitrogens is 4. The molecule has 8 nitrogen and oxygen atoms in total. The molecular weight excluding hydrogens is 421 g/mol. The van der Waals surface area contributed by atoms with Gasteiger partial charge in [-0.2, -0.15) is 4.80 Å². The number of tetrazole rings is 1. The molecular formula is C17H13BrFN5O3. The predicted molar refractivity (Wildman–Crippen MR) is 97.3 cm³/mol. The number of rotatable bonds is 5. The largest absolute Gasteiger partial charge is 0.465 e. The minimum absolute atomic E-state index is 0.0573. The van der Waals surface area contributed by atoms with Crippen molar-refractivity contribution in [2.75, 3.05) is 12.4 Å². The van der Waals surface area contributed by atoms with E-state index in [2.05, 4.69) is 41.4 Å². The molecule has 0 aliphatic carbocycles.